The zero-order valence-electron chi connectivity index (χ0n) is 15.9. The Hall–Kier alpha value is -2.22. The maximum absolute atomic E-state index is 12.6. The second-order valence-electron chi connectivity index (χ2n) is 6.34. The molecule has 0 unspecified atom stereocenters. The Labute approximate surface area is 169 Å². The summed E-state index contributed by atoms with van der Waals surface area (Å²) >= 11 is 1.41. The van der Waals surface area contributed by atoms with Crippen molar-refractivity contribution in [2.75, 3.05) is 7.05 Å². The van der Waals surface area contributed by atoms with Crippen LogP contribution in [0.5, 0.6) is 0 Å². The third-order valence-electron chi connectivity index (χ3n) is 4.47. The van der Waals surface area contributed by atoms with Crippen LogP contribution in [0.15, 0.2) is 29.6 Å². The highest BCUT2D eigenvalue weighted by molar-refractivity contribution is 7.09. The molecule has 2 N–H and O–H groups in total. The Bertz CT molecular complexity index is 949. The van der Waals surface area contributed by atoms with Crippen LogP contribution < -0.4 is 5.73 Å². The smallest absolute Gasteiger partial charge is 0.273 e. The number of amides is 1. The van der Waals surface area contributed by atoms with Gasteiger partial charge in [-0.1, -0.05) is 18.2 Å². The van der Waals surface area contributed by atoms with Gasteiger partial charge >= 0.3 is 0 Å². The lowest BCUT2D eigenvalue weighted by molar-refractivity contribution is 0.0779. The first-order valence-electron chi connectivity index (χ1n) is 8.43. The van der Waals surface area contributed by atoms with Crippen molar-refractivity contribution in [1.29, 1.82) is 0 Å². The monoisotopic (exact) mass is 405 g/mol. The van der Waals surface area contributed by atoms with E-state index < -0.39 is 0 Å². The number of thiazole rings is 1. The van der Waals surface area contributed by atoms with Crippen LogP contribution in [-0.4, -0.2) is 32.6 Å². The van der Waals surface area contributed by atoms with E-state index in [1.54, 1.807) is 17.3 Å². The summed E-state index contributed by atoms with van der Waals surface area (Å²) < 4.78 is 1.95. The van der Waals surface area contributed by atoms with Crippen molar-refractivity contribution >= 4 is 29.7 Å². The second kappa shape index (κ2) is 8.65. The van der Waals surface area contributed by atoms with Gasteiger partial charge in [-0.15, -0.1) is 23.7 Å². The van der Waals surface area contributed by atoms with Crippen molar-refractivity contribution in [1.82, 2.24) is 19.7 Å². The molecular weight excluding hydrogens is 382 g/mol. The number of halogens is 1. The molecule has 0 aliphatic rings. The number of carbonyl (C=O) groups excluding carboxylic acids is 1. The average Bonchev–Trinajstić information content (AvgIpc) is 3.21. The van der Waals surface area contributed by atoms with E-state index in [0.29, 0.717) is 18.8 Å². The summed E-state index contributed by atoms with van der Waals surface area (Å²) in [6.07, 6.45) is 0. The molecule has 0 fully saturated rings. The molecule has 3 rings (SSSR count). The van der Waals surface area contributed by atoms with E-state index in [-0.39, 0.29) is 18.3 Å². The van der Waals surface area contributed by atoms with E-state index in [9.17, 15) is 4.79 Å². The molecule has 1 amide bonds. The highest BCUT2D eigenvalue weighted by Crippen LogP contribution is 2.22. The summed E-state index contributed by atoms with van der Waals surface area (Å²) in [6, 6.07) is 8.14. The van der Waals surface area contributed by atoms with E-state index in [1.165, 1.54) is 11.3 Å². The molecule has 1 aromatic carbocycles. The van der Waals surface area contributed by atoms with Gasteiger partial charge in [0.05, 0.1) is 11.4 Å². The Balaban J connectivity index is 0.00000261. The van der Waals surface area contributed by atoms with Crippen molar-refractivity contribution < 1.29 is 4.79 Å². The molecule has 8 heteroatoms. The summed E-state index contributed by atoms with van der Waals surface area (Å²) in [4.78, 5) is 18.6. The average molecular weight is 406 g/mol. The van der Waals surface area contributed by atoms with Gasteiger partial charge in [0, 0.05) is 36.8 Å². The normalized spacial score (nSPS) is 10.6. The standard InChI is InChI=1S/C19H23N5OS.ClH/c1-12-7-5-6-8-17(12)24-14(3)15(13(2)22-24)10-23(4)19(25)16-11-26-18(9-20)21-16;/h5-8,11H,9-10,20H2,1-4H3;1H. The second-order valence-corrected chi connectivity index (χ2v) is 7.28. The molecule has 27 heavy (non-hydrogen) atoms. The number of aryl methyl sites for hydroxylation is 2. The summed E-state index contributed by atoms with van der Waals surface area (Å²) in [7, 11) is 1.79. The fraction of sp³-hybridized carbons (Fsp3) is 0.316. The van der Waals surface area contributed by atoms with Crippen molar-refractivity contribution in [3.8, 4) is 5.69 Å². The summed E-state index contributed by atoms with van der Waals surface area (Å²) in [6.45, 7) is 6.92. The maximum atomic E-state index is 12.6. The predicted octanol–water partition coefficient (Wildman–Crippen LogP) is 3.41. The van der Waals surface area contributed by atoms with Crippen LogP contribution in [0.3, 0.4) is 0 Å². The van der Waals surface area contributed by atoms with Crippen molar-refractivity contribution in [2.45, 2.75) is 33.9 Å². The fourth-order valence-electron chi connectivity index (χ4n) is 2.95. The van der Waals surface area contributed by atoms with Crippen LogP contribution in [0.2, 0.25) is 0 Å². The van der Waals surface area contributed by atoms with Gasteiger partial charge in [0.15, 0.2) is 0 Å². The number of nitrogens with two attached hydrogens (primary N) is 1. The number of hydrogen-bond acceptors (Lipinski definition) is 5. The molecule has 0 saturated heterocycles. The Morgan fingerprint density at radius 2 is 1.96 bits per heavy atom. The van der Waals surface area contributed by atoms with E-state index in [2.05, 4.69) is 24.0 Å². The van der Waals surface area contributed by atoms with Crippen LogP contribution in [0.1, 0.15) is 38.0 Å². The van der Waals surface area contributed by atoms with Crippen molar-refractivity contribution in [3.63, 3.8) is 0 Å². The summed E-state index contributed by atoms with van der Waals surface area (Å²) in [5, 5.41) is 7.22. The zero-order valence-corrected chi connectivity index (χ0v) is 17.5. The molecule has 0 aliphatic carbocycles. The molecule has 2 aromatic heterocycles. The molecule has 0 saturated carbocycles. The van der Waals surface area contributed by atoms with Crippen LogP contribution in [0.4, 0.5) is 0 Å². The third-order valence-corrected chi connectivity index (χ3v) is 5.34. The highest BCUT2D eigenvalue weighted by atomic mass is 35.5. The van der Waals surface area contributed by atoms with Crippen molar-refractivity contribution in [2.24, 2.45) is 5.73 Å². The largest absolute Gasteiger partial charge is 0.336 e. The lowest BCUT2D eigenvalue weighted by atomic mass is 10.1. The first kappa shape index (κ1) is 21.1. The molecule has 0 atom stereocenters. The van der Waals surface area contributed by atoms with E-state index in [0.717, 1.165) is 33.2 Å². The quantitative estimate of drug-likeness (QED) is 0.705. The Morgan fingerprint density at radius 3 is 2.59 bits per heavy atom. The first-order valence-corrected chi connectivity index (χ1v) is 9.31. The van der Waals surface area contributed by atoms with Gasteiger partial charge in [0.25, 0.3) is 5.91 Å². The number of hydrogen-bond donors (Lipinski definition) is 1. The molecular formula is C19H24ClN5OS. The van der Waals surface area contributed by atoms with Crippen LogP contribution in [0, 0.1) is 20.8 Å². The van der Waals surface area contributed by atoms with Crippen molar-refractivity contribution in [3.05, 3.63) is 62.9 Å². The number of carbonyl (C=O) groups is 1. The van der Waals surface area contributed by atoms with E-state index in [4.69, 9.17) is 10.8 Å². The van der Waals surface area contributed by atoms with Gasteiger partial charge in [-0.25, -0.2) is 9.67 Å². The molecule has 2 heterocycles. The number of para-hydroxylation sites is 1. The van der Waals surface area contributed by atoms with Gasteiger partial charge in [-0.3, -0.25) is 4.79 Å². The number of benzene rings is 1. The topological polar surface area (TPSA) is 77.0 Å². The minimum absolute atomic E-state index is 0. The first-order chi connectivity index (χ1) is 12.4. The zero-order chi connectivity index (χ0) is 18.8. The molecule has 0 radical (unpaired) electrons. The van der Waals surface area contributed by atoms with Gasteiger partial charge in [-0.05, 0) is 32.4 Å². The highest BCUT2D eigenvalue weighted by Gasteiger charge is 2.20. The SMILES string of the molecule is Cc1ccccc1-n1nc(C)c(CN(C)C(=O)c2csc(CN)n2)c1C.Cl. The predicted molar refractivity (Wildman–Crippen MR) is 111 cm³/mol. The molecule has 0 aliphatic heterocycles. The van der Waals surface area contributed by atoms with Gasteiger partial charge in [-0.2, -0.15) is 5.10 Å². The van der Waals surface area contributed by atoms with E-state index in [1.807, 2.05) is 30.7 Å². The molecule has 3 aromatic rings. The Kier molecular flexibility index (Phi) is 6.75. The Morgan fingerprint density at radius 1 is 1.26 bits per heavy atom. The van der Waals surface area contributed by atoms with Gasteiger partial charge in [0.1, 0.15) is 10.7 Å². The maximum Gasteiger partial charge on any atom is 0.273 e. The minimum Gasteiger partial charge on any atom is -0.336 e. The minimum atomic E-state index is -0.108. The third kappa shape index (κ3) is 4.21. The number of nitrogens with zero attached hydrogens (tertiary/aromatic N) is 4. The lowest BCUT2D eigenvalue weighted by Crippen LogP contribution is -2.27. The van der Waals surface area contributed by atoms with Crippen LogP contribution >= 0.6 is 23.7 Å². The number of aromatic nitrogens is 3. The molecule has 0 bridgehead atoms. The fourth-order valence-corrected chi connectivity index (χ4v) is 3.60. The van der Waals surface area contributed by atoms with E-state index >= 15 is 0 Å². The van der Waals surface area contributed by atoms with Gasteiger partial charge < -0.3 is 10.6 Å². The summed E-state index contributed by atoms with van der Waals surface area (Å²) in [5.41, 5.74) is 11.3. The summed E-state index contributed by atoms with van der Waals surface area (Å²) in [5.74, 6) is -0.108. The molecule has 6 nitrogen and oxygen atoms in total. The number of rotatable bonds is 5. The van der Waals surface area contributed by atoms with Crippen LogP contribution in [0.25, 0.3) is 5.69 Å². The van der Waals surface area contributed by atoms with Gasteiger partial charge in [0.2, 0.25) is 0 Å². The lowest BCUT2D eigenvalue weighted by Gasteiger charge is -2.16. The van der Waals surface area contributed by atoms with Crippen LogP contribution in [-0.2, 0) is 13.1 Å². The molecule has 144 valence electrons. The molecule has 0 spiro atoms.